The van der Waals surface area contributed by atoms with Crippen LogP contribution in [0.15, 0.2) is 36.7 Å². The molecule has 1 saturated heterocycles. The number of benzene rings is 1. The maximum Gasteiger partial charge on any atom is 0.322 e. The lowest BCUT2D eigenvalue weighted by Gasteiger charge is -2.25. The smallest absolute Gasteiger partial charge is 0.322 e. The fraction of sp³-hybridized carbons (Fsp3) is 0.375. The van der Waals surface area contributed by atoms with Gasteiger partial charge in [0.05, 0.1) is 42.1 Å². The zero-order chi connectivity index (χ0) is 18.9. The molecule has 26 heavy (non-hydrogen) atoms. The largest absolute Gasteiger partial charge is 0.390 e. The number of likely N-dealkylation sites (N-methyl/N-ethyl adjacent to an activating group) is 1. The first-order valence-corrected chi connectivity index (χ1v) is 9.75. The maximum atomic E-state index is 13.7. The predicted octanol–water partition coefficient (Wildman–Crippen LogP) is 0.692. The van der Waals surface area contributed by atoms with Crippen molar-refractivity contribution >= 4 is 21.6 Å². The Balaban J connectivity index is 1.63. The average Bonchev–Trinajstić information content (AvgIpc) is 3.11. The summed E-state index contributed by atoms with van der Waals surface area (Å²) >= 11 is 0. The quantitative estimate of drug-likeness (QED) is 0.810. The van der Waals surface area contributed by atoms with Gasteiger partial charge in [-0.3, -0.25) is 4.68 Å². The average molecular weight is 382 g/mol. The van der Waals surface area contributed by atoms with Gasteiger partial charge in [-0.05, 0) is 6.07 Å². The van der Waals surface area contributed by atoms with Crippen LogP contribution in [0, 0.1) is 5.82 Å². The van der Waals surface area contributed by atoms with Gasteiger partial charge in [0.2, 0.25) is 0 Å². The van der Waals surface area contributed by atoms with Crippen molar-refractivity contribution in [2.24, 2.45) is 0 Å². The lowest BCUT2D eigenvalue weighted by Crippen LogP contribution is -2.46. The molecule has 10 heteroatoms. The molecule has 8 nitrogen and oxygen atoms in total. The minimum atomic E-state index is -3.35. The highest BCUT2D eigenvalue weighted by Gasteiger charge is 2.40. The van der Waals surface area contributed by atoms with Crippen LogP contribution in [-0.2, 0) is 16.4 Å². The van der Waals surface area contributed by atoms with E-state index in [2.05, 4.69) is 10.4 Å². The van der Waals surface area contributed by atoms with E-state index in [4.69, 9.17) is 0 Å². The first kappa shape index (κ1) is 18.3. The van der Waals surface area contributed by atoms with E-state index in [9.17, 15) is 22.7 Å². The lowest BCUT2D eigenvalue weighted by atomic mass is 10.2. The lowest BCUT2D eigenvalue weighted by molar-refractivity contribution is 0.115. The van der Waals surface area contributed by atoms with Crippen molar-refractivity contribution in [3.05, 3.63) is 48.0 Å². The number of nitrogens with zero attached hydrogens (tertiary/aromatic N) is 3. The molecular formula is C16H19FN4O4S. The molecule has 2 N–H and O–H groups in total. The molecular weight excluding hydrogens is 363 g/mol. The van der Waals surface area contributed by atoms with Crippen molar-refractivity contribution in [1.29, 1.82) is 0 Å². The van der Waals surface area contributed by atoms with Crippen molar-refractivity contribution in [2.75, 3.05) is 23.9 Å². The Morgan fingerprint density at radius 1 is 1.42 bits per heavy atom. The van der Waals surface area contributed by atoms with Crippen molar-refractivity contribution < 1.29 is 22.7 Å². The maximum absolute atomic E-state index is 13.7. The zero-order valence-electron chi connectivity index (χ0n) is 14.0. The highest BCUT2D eigenvalue weighted by Crippen LogP contribution is 2.18. The SMILES string of the molecule is CN(C(=O)Nc1cnn(Cc2ccccc2F)c1)[C@@H]1CS(=O)(=O)C[C@H]1O. The summed E-state index contributed by atoms with van der Waals surface area (Å²) in [5.41, 5.74) is 0.846. The molecule has 0 saturated carbocycles. The van der Waals surface area contributed by atoms with E-state index >= 15 is 0 Å². The monoisotopic (exact) mass is 382 g/mol. The summed E-state index contributed by atoms with van der Waals surface area (Å²) < 4.78 is 38.3. The van der Waals surface area contributed by atoms with E-state index in [1.807, 2.05) is 0 Å². The molecule has 0 radical (unpaired) electrons. The van der Waals surface area contributed by atoms with Gasteiger partial charge in [-0.15, -0.1) is 0 Å². The van der Waals surface area contributed by atoms with Crippen LogP contribution in [0.1, 0.15) is 5.56 Å². The summed E-state index contributed by atoms with van der Waals surface area (Å²) in [6, 6.07) is 4.97. The van der Waals surface area contributed by atoms with E-state index < -0.39 is 28.0 Å². The van der Waals surface area contributed by atoms with Gasteiger partial charge in [0.25, 0.3) is 0 Å². The van der Waals surface area contributed by atoms with Gasteiger partial charge >= 0.3 is 6.03 Å². The zero-order valence-corrected chi connectivity index (χ0v) is 14.9. The molecule has 1 aromatic carbocycles. The number of anilines is 1. The van der Waals surface area contributed by atoms with E-state index in [0.29, 0.717) is 11.3 Å². The number of halogens is 1. The number of rotatable bonds is 4. The van der Waals surface area contributed by atoms with Crippen LogP contribution in [-0.4, -0.2) is 64.9 Å². The van der Waals surface area contributed by atoms with E-state index in [-0.39, 0.29) is 23.9 Å². The van der Waals surface area contributed by atoms with Gasteiger partial charge in [-0.25, -0.2) is 17.6 Å². The normalized spacial score (nSPS) is 21.5. The minimum Gasteiger partial charge on any atom is -0.390 e. The fourth-order valence-electron chi connectivity index (χ4n) is 2.86. The van der Waals surface area contributed by atoms with E-state index in [1.54, 1.807) is 24.4 Å². The Hall–Kier alpha value is -2.46. The number of amides is 2. The van der Waals surface area contributed by atoms with Crippen molar-refractivity contribution in [3.63, 3.8) is 0 Å². The summed E-state index contributed by atoms with van der Waals surface area (Å²) in [5, 5.41) is 16.5. The Labute approximate surface area is 150 Å². The summed E-state index contributed by atoms with van der Waals surface area (Å²) in [5.74, 6) is -0.967. The highest BCUT2D eigenvalue weighted by atomic mass is 32.2. The molecule has 0 bridgehead atoms. The molecule has 2 amide bonds. The number of aliphatic hydroxyl groups is 1. The minimum absolute atomic E-state index is 0.206. The van der Waals surface area contributed by atoms with Crippen molar-refractivity contribution in [2.45, 2.75) is 18.7 Å². The first-order chi connectivity index (χ1) is 12.2. The summed E-state index contributed by atoms with van der Waals surface area (Å²) in [7, 11) is -1.93. The number of aromatic nitrogens is 2. The van der Waals surface area contributed by atoms with Gasteiger partial charge in [0.15, 0.2) is 9.84 Å². The van der Waals surface area contributed by atoms with Crippen molar-refractivity contribution in [3.8, 4) is 0 Å². The molecule has 0 unspecified atom stereocenters. The van der Waals surface area contributed by atoms with E-state index in [1.165, 1.54) is 28.9 Å². The third kappa shape index (κ3) is 4.02. The molecule has 1 aromatic heterocycles. The topological polar surface area (TPSA) is 105 Å². The van der Waals surface area contributed by atoms with Crippen LogP contribution in [0.4, 0.5) is 14.9 Å². The van der Waals surface area contributed by atoms with E-state index in [0.717, 1.165) is 0 Å². The molecule has 1 aliphatic heterocycles. The predicted molar refractivity (Wildman–Crippen MR) is 93.0 cm³/mol. The second-order valence-corrected chi connectivity index (χ2v) is 8.42. The molecule has 140 valence electrons. The standard InChI is InChI=1S/C16H19FN4O4S/c1-20(14-9-26(24,25)10-15(14)22)16(23)19-12-6-18-21(8-12)7-11-4-2-3-5-13(11)17/h2-6,8,14-15,22H,7,9-10H2,1H3,(H,19,23)/t14-,15-/m1/s1. The van der Waals surface area contributed by atoms with Crippen LogP contribution in [0.25, 0.3) is 0 Å². The molecule has 3 rings (SSSR count). The van der Waals surface area contributed by atoms with Crippen LogP contribution < -0.4 is 5.32 Å². The number of hydrogen-bond donors (Lipinski definition) is 2. The highest BCUT2D eigenvalue weighted by molar-refractivity contribution is 7.91. The van der Waals surface area contributed by atoms with Gasteiger partial charge in [-0.1, -0.05) is 18.2 Å². The summed E-state index contributed by atoms with van der Waals surface area (Å²) in [4.78, 5) is 13.5. The number of carbonyl (C=O) groups is 1. The number of nitrogens with one attached hydrogen (secondary N) is 1. The Kier molecular flexibility index (Phi) is 4.97. The van der Waals surface area contributed by atoms with Crippen LogP contribution in [0.2, 0.25) is 0 Å². The summed E-state index contributed by atoms with van der Waals surface area (Å²) in [6.45, 7) is 0.206. The molecule has 1 aliphatic rings. The third-order valence-electron chi connectivity index (χ3n) is 4.29. The fourth-order valence-corrected chi connectivity index (χ4v) is 4.70. The Bertz CT molecular complexity index is 914. The second kappa shape index (κ2) is 7.04. The van der Waals surface area contributed by atoms with Gasteiger partial charge < -0.3 is 15.3 Å². The molecule has 0 spiro atoms. The first-order valence-electron chi connectivity index (χ1n) is 7.93. The summed E-state index contributed by atoms with van der Waals surface area (Å²) in [6.07, 6.45) is 1.84. The van der Waals surface area contributed by atoms with Gasteiger partial charge in [-0.2, -0.15) is 5.10 Å². The van der Waals surface area contributed by atoms with Crippen LogP contribution in [0.3, 0.4) is 0 Å². The second-order valence-electron chi connectivity index (χ2n) is 6.27. The van der Waals surface area contributed by atoms with Crippen LogP contribution in [0.5, 0.6) is 0 Å². The number of sulfone groups is 1. The number of hydrogen-bond acceptors (Lipinski definition) is 5. The Morgan fingerprint density at radius 2 is 2.15 bits per heavy atom. The molecule has 1 fully saturated rings. The third-order valence-corrected chi connectivity index (χ3v) is 5.98. The van der Waals surface area contributed by atoms with Gasteiger partial charge in [0, 0.05) is 18.8 Å². The molecule has 2 atom stereocenters. The Morgan fingerprint density at radius 3 is 2.81 bits per heavy atom. The van der Waals surface area contributed by atoms with Crippen LogP contribution >= 0.6 is 0 Å². The molecule has 2 aromatic rings. The molecule has 0 aliphatic carbocycles. The number of carbonyl (C=O) groups excluding carboxylic acids is 1. The van der Waals surface area contributed by atoms with Gasteiger partial charge in [0.1, 0.15) is 5.82 Å². The van der Waals surface area contributed by atoms with Crippen molar-refractivity contribution in [1.82, 2.24) is 14.7 Å². The molecule has 2 heterocycles. The number of aliphatic hydroxyl groups excluding tert-OH is 1. The number of urea groups is 1.